The van der Waals surface area contributed by atoms with Crippen LogP contribution in [-0.2, 0) is 6.42 Å². The minimum atomic E-state index is 0.445. The Balaban J connectivity index is 1.94. The van der Waals surface area contributed by atoms with Gasteiger partial charge in [0.2, 0.25) is 0 Å². The minimum absolute atomic E-state index is 0.445. The lowest BCUT2D eigenvalue weighted by molar-refractivity contribution is 0.754. The summed E-state index contributed by atoms with van der Waals surface area (Å²) in [6, 6.07) is 0. The van der Waals surface area contributed by atoms with Crippen LogP contribution in [0.3, 0.4) is 0 Å². The molecule has 2 heteroatoms. The van der Waals surface area contributed by atoms with Crippen LogP contribution in [0.25, 0.3) is 5.70 Å². The molecule has 3 rings (SSSR count). The summed E-state index contributed by atoms with van der Waals surface area (Å²) in [5.41, 5.74) is 3.93. The summed E-state index contributed by atoms with van der Waals surface area (Å²) in [6.07, 6.45) is 21.8. The van der Waals surface area contributed by atoms with Gasteiger partial charge in [-0.2, -0.15) is 5.10 Å². The van der Waals surface area contributed by atoms with Gasteiger partial charge in [0, 0.05) is 17.8 Å². The molecule has 0 radical (unpaired) electrons. The first-order chi connectivity index (χ1) is 9.38. The van der Waals surface area contributed by atoms with Crippen molar-refractivity contribution in [3.63, 3.8) is 0 Å². The maximum Gasteiger partial charge on any atom is 0.0732 e. The molecule has 2 aliphatic rings. The summed E-state index contributed by atoms with van der Waals surface area (Å²) in [6.45, 7) is 2.21. The van der Waals surface area contributed by atoms with E-state index in [1.807, 2.05) is 0 Å². The van der Waals surface area contributed by atoms with Gasteiger partial charge in [-0.05, 0) is 37.3 Å². The molecule has 1 aromatic rings. The Labute approximate surface area is 114 Å². The molecule has 1 unspecified atom stereocenters. The third-order valence-electron chi connectivity index (χ3n) is 3.82. The van der Waals surface area contributed by atoms with Crippen LogP contribution in [0.2, 0.25) is 0 Å². The predicted octanol–water partition coefficient (Wildman–Crippen LogP) is 4.24. The van der Waals surface area contributed by atoms with Gasteiger partial charge in [-0.3, -0.25) is 0 Å². The number of aromatic nitrogens is 2. The Morgan fingerprint density at radius 1 is 1.26 bits per heavy atom. The van der Waals surface area contributed by atoms with E-state index in [4.69, 9.17) is 5.10 Å². The average Bonchev–Trinajstić information content (AvgIpc) is 2.93. The van der Waals surface area contributed by atoms with E-state index >= 15 is 0 Å². The van der Waals surface area contributed by atoms with E-state index in [2.05, 4.69) is 60.3 Å². The Hall–Kier alpha value is -1.83. The maximum atomic E-state index is 4.86. The first-order valence-electron chi connectivity index (χ1n) is 7.16. The first kappa shape index (κ1) is 12.2. The normalized spacial score (nSPS) is 21.7. The summed E-state index contributed by atoms with van der Waals surface area (Å²) in [5, 5.41) is 4.86. The van der Waals surface area contributed by atoms with Gasteiger partial charge >= 0.3 is 0 Å². The molecule has 1 heterocycles. The summed E-state index contributed by atoms with van der Waals surface area (Å²) in [4.78, 5) is 0. The molecule has 1 aromatic heterocycles. The second kappa shape index (κ2) is 5.43. The molecule has 0 fully saturated rings. The fourth-order valence-corrected chi connectivity index (χ4v) is 2.72. The van der Waals surface area contributed by atoms with Gasteiger partial charge in [-0.15, -0.1) is 0 Å². The molecule has 0 spiro atoms. The molecule has 2 nitrogen and oxygen atoms in total. The monoisotopic (exact) mass is 252 g/mol. The second-order valence-electron chi connectivity index (χ2n) is 5.12. The van der Waals surface area contributed by atoms with E-state index in [1.54, 1.807) is 0 Å². The van der Waals surface area contributed by atoms with Crippen LogP contribution < -0.4 is 0 Å². The van der Waals surface area contributed by atoms with E-state index in [1.165, 1.54) is 17.0 Å². The third-order valence-corrected chi connectivity index (χ3v) is 3.82. The lowest BCUT2D eigenvalue weighted by Gasteiger charge is -2.12. The fraction of sp³-hybridized carbons (Fsp3) is 0.353. The molecule has 0 saturated carbocycles. The molecule has 0 aromatic carbocycles. The van der Waals surface area contributed by atoms with Gasteiger partial charge in [0.1, 0.15) is 0 Å². The van der Waals surface area contributed by atoms with Crippen LogP contribution in [0, 0.1) is 0 Å². The Morgan fingerprint density at radius 3 is 2.89 bits per heavy atom. The van der Waals surface area contributed by atoms with Crippen molar-refractivity contribution >= 4 is 5.70 Å². The highest BCUT2D eigenvalue weighted by Crippen LogP contribution is 2.28. The van der Waals surface area contributed by atoms with Crippen molar-refractivity contribution in [3.05, 3.63) is 60.0 Å². The van der Waals surface area contributed by atoms with Gasteiger partial charge in [-0.1, -0.05) is 43.4 Å². The number of hydrogen-bond acceptors (Lipinski definition) is 1. The summed E-state index contributed by atoms with van der Waals surface area (Å²) < 4.78 is 2.09. The van der Waals surface area contributed by atoms with Crippen LogP contribution in [0.15, 0.2) is 48.7 Å². The Kier molecular flexibility index (Phi) is 3.49. The summed E-state index contributed by atoms with van der Waals surface area (Å²) in [7, 11) is 0. The van der Waals surface area contributed by atoms with Crippen molar-refractivity contribution < 1.29 is 0 Å². The number of nitrogens with zero attached hydrogens (tertiary/aromatic N) is 2. The van der Waals surface area contributed by atoms with Gasteiger partial charge < -0.3 is 0 Å². The van der Waals surface area contributed by atoms with Crippen LogP contribution in [0.5, 0.6) is 0 Å². The molecule has 2 aliphatic carbocycles. The van der Waals surface area contributed by atoms with Crippen LogP contribution in [-0.4, -0.2) is 9.78 Å². The zero-order chi connectivity index (χ0) is 13.1. The minimum Gasteiger partial charge on any atom is -0.245 e. The number of rotatable bonds is 3. The van der Waals surface area contributed by atoms with Crippen molar-refractivity contribution in [1.29, 1.82) is 0 Å². The maximum absolute atomic E-state index is 4.86. The van der Waals surface area contributed by atoms with E-state index in [0.29, 0.717) is 5.92 Å². The van der Waals surface area contributed by atoms with Gasteiger partial charge in [-0.25, -0.2) is 4.68 Å². The van der Waals surface area contributed by atoms with E-state index in [0.717, 1.165) is 25.7 Å². The molecule has 98 valence electrons. The van der Waals surface area contributed by atoms with Crippen molar-refractivity contribution in [1.82, 2.24) is 9.78 Å². The Morgan fingerprint density at radius 2 is 2.21 bits per heavy atom. The standard InChI is InChI=1S/C17H20N2/c1-2-14-13-19(16-11-7-4-8-12-16)18-17(14)15-9-5-3-6-10-15/h3-7,9,11,13,15H,2,8,10,12H2,1H3. The fourth-order valence-electron chi connectivity index (χ4n) is 2.72. The third kappa shape index (κ3) is 2.48. The van der Waals surface area contributed by atoms with E-state index in [-0.39, 0.29) is 0 Å². The highest BCUT2D eigenvalue weighted by atomic mass is 15.3. The molecule has 0 saturated heterocycles. The predicted molar refractivity (Wildman–Crippen MR) is 79.9 cm³/mol. The van der Waals surface area contributed by atoms with Crippen LogP contribution in [0.4, 0.5) is 0 Å². The lowest BCUT2D eigenvalue weighted by atomic mass is 9.94. The number of allylic oxidation sites excluding steroid dienone is 8. The molecular formula is C17H20N2. The smallest absolute Gasteiger partial charge is 0.0732 e. The largest absolute Gasteiger partial charge is 0.245 e. The molecule has 0 aliphatic heterocycles. The highest BCUT2D eigenvalue weighted by Gasteiger charge is 2.17. The first-order valence-corrected chi connectivity index (χ1v) is 7.16. The van der Waals surface area contributed by atoms with E-state index < -0.39 is 0 Å². The Bertz CT molecular complexity index is 570. The van der Waals surface area contributed by atoms with Gasteiger partial charge in [0.15, 0.2) is 0 Å². The molecule has 0 N–H and O–H groups in total. The molecule has 0 bridgehead atoms. The zero-order valence-corrected chi connectivity index (χ0v) is 11.4. The SMILES string of the molecule is CCc1cn(C2=CC=CCC2)nc1C1C=CC=CC1. The van der Waals surface area contributed by atoms with Crippen molar-refractivity contribution in [2.45, 2.75) is 38.5 Å². The van der Waals surface area contributed by atoms with Crippen molar-refractivity contribution in [2.75, 3.05) is 0 Å². The summed E-state index contributed by atoms with van der Waals surface area (Å²) >= 11 is 0. The highest BCUT2D eigenvalue weighted by molar-refractivity contribution is 5.50. The molecule has 19 heavy (non-hydrogen) atoms. The molecule has 0 amide bonds. The number of aryl methyl sites for hydroxylation is 1. The topological polar surface area (TPSA) is 17.8 Å². The van der Waals surface area contributed by atoms with Crippen LogP contribution in [0.1, 0.15) is 43.4 Å². The van der Waals surface area contributed by atoms with Crippen molar-refractivity contribution in [3.8, 4) is 0 Å². The number of hydrogen-bond donors (Lipinski definition) is 0. The van der Waals surface area contributed by atoms with Gasteiger partial charge in [0.05, 0.1) is 5.69 Å². The van der Waals surface area contributed by atoms with Gasteiger partial charge in [0.25, 0.3) is 0 Å². The zero-order valence-electron chi connectivity index (χ0n) is 11.4. The van der Waals surface area contributed by atoms with E-state index in [9.17, 15) is 0 Å². The lowest BCUT2D eigenvalue weighted by Crippen LogP contribution is -2.03. The molecular weight excluding hydrogens is 232 g/mol. The molecule has 1 atom stereocenters. The van der Waals surface area contributed by atoms with Crippen molar-refractivity contribution in [2.24, 2.45) is 0 Å². The van der Waals surface area contributed by atoms with Crippen LogP contribution >= 0.6 is 0 Å². The second-order valence-corrected chi connectivity index (χ2v) is 5.12. The quantitative estimate of drug-likeness (QED) is 0.787. The average molecular weight is 252 g/mol. The summed E-state index contributed by atoms with van der Waals surface area (Å²) in [5.74, 6) is 0.445.